The Bertz CT molecular complexity index is 464. The maximum atomic E-state index is 9.51. The van der Waals surface area contributed by atoms with Crippen molar-refractivity contribution in [2.24, 2.45) is 0 Å². The van der Waals surface area contributed by atoms with E-state index in [1.807, 2.05) is 0 Å². The number of aromatic hydroxyl groups is 1. The lowest BCUT2D eigenvalue weighted by atomic mass is 10.1. The molecule has 0 aliphatic rings. The van der Waals surface area contributed by atoms with E-state index < -0.39 is 0 Å². The molecule has 0 bridgehead atoms. The Morgan fingerprint density at radius 3 is 2.94 bits per heavy atom. The smallest absolute Gasteiger partial charge is 0.299 e. The van der Waals surface area contributed by atoms with Gasteiger partial charge >= 0.3 is 0 Å². The lowest BCUT2D eigenvalue weighted by molar-refractivity contribution is 0.422. The molecule has 0 amide bonds. The molecule has 2 aromatic heterocycles. The van der Waals surface area contributed by atoms with Gasteiger partial charge in [-0.3, -0.25) is 4.40 Å². The average molecular weight is 219 g/mol. The maximum Gasteiger partial charge on any atom is 0.299 e. The Balaban J connectivity index is 2.12. The summed E-state index contributed by atoms with van der Waals surface area (Å²) < 4.78 is 1.62. The molecule has 0 aliphatic heterocycles. The Hall–Kier alpha value is -1.58. The van der Waals surface area contributed by atoms with Crippen LogP contribution in [0, 0.1) is 0 Å². The van der Waals surface area contributed by atoms with E-state index in [1.54, 1.807) is 23.0 Å². The summed E-state index contributed by atoms with van der Waals surface area (Å²) in [6, 6.07) is 0.00445. The van der Waals surface area contributed by atoms with Gasteiger partial charge in [0.05, 0.1) is 0 Å². The molecule has 0 aliphatic carbocycles. The van der Waals surface area contributed by atoms with Crippen molar-refractivity contribution in [3.8, 4) is 6.01 Å². The van der Waals surface area contributed by atoms with Crippen LogP contribution in [-0.2, 0) is 6.42 Å². The Morgan fingerprint density at radius 1 is 1.25 bits per heavy atom. The highest BCUT2D eigenvalue weighted by Gasteiger charge is 2.06. The van der Waals surface area contributed by atoms with Crippen molar-refractivity contribution >= 4 is 5.65 Å². The first-order valence-corrected chi connectivity index (χ1v) is 5.83. The van der Waals surface area contributed by atoms with Gasteiger partial charge in [-0.15, -0.1) is 0 Å². The molecule has 0 radical (unpaired) electrons. The highest BCUT2D eigenvalue weighted by molar-refractivity contribution is 5.47. The summed E-state index contributed by atoms with van der Waals surface area (Å²) in [5.74, 6) is 0. The summed E-state index contributed by atoms with van der Waals surface area (Å²) in [5, 5.41) is 9.51. The molecule has 0 aromatic carbocycles. The lowest BCUT2D eigenvalue weighted by Crippen LogP contribution is -1.96. The third-order valence-electron chi connectivity index (χ3n) is 2.78. The monoisotopic (exact) mass is 219 g/mol. The van der Waals surface area contributed by atoms with Crippen LogP contribution in [0.3, 0.4) is 0 Å². The summed E-state index contributed by atoms with van der Waals surface area (Å²) in [6.45, 7) is 2.20. The van der Waals surface area contributed by atoms with Crippen LogP contribution in [0.5, 0.6) is 6.01 Å². The van der Waals surface area contributed by atoms with Gasteiger partial charge in [0.2, 0.25) is 0 Å². The van der Waals surface area contributed by atoms with Gasteiger partial charge in [0, 0.05) is 24.2 Å². The zero-order chi connectivity index (χ0) is 11.4. The Kier molecular flexibility index (Phi) is 3.39. The van der Waals surface area contributed by atoms with Crippen molar-refractivity contribution in [1.29, 1.82) is 0 Å². The molecule has 1 N–H and O–H groups in total. The summed E-state index contributed by atoms with van der Waals surface area (Å²) in [4.78, 5) is 8.20. The third kappa shape index (κ3) is 2.15. The van der Waals surface area contributed by atoms with E-state index in [9.17, 15) is 5.11 Å². The first kappa shape index (κ1) is 10.9. The minimum Gasteiger partial charge on any atom is -0.480 e. The molecule has 16 heavy (non-hydrogen) atoms. The number of hydrogen-bond acceptors (Lipinski definition) is 3. The van der Waals surface area contributed by atoms with E-state index in [2.05, 4.69) is 16.9 Å². The van der Waals surface area contributed by atoms with E-state index >= 15 is 0 Å². The fourth-order valence-electron chi connectivity index (χ4n) is 1.88. The van der Waals surface area contributed by atoms with Gasteiger partial charge in [-0.1, -0.05) is 26.2 Å². The summed E-state index contributed by atoms with van der Waals surface area (Å²) in [7, 11) is 0. The highest BCUT2D eigenvalue weighted by Crippen LogP contribution is 2.16. The van der Waals surface area contributed by atoms with Crippen molar-refractivity contribution in [2.75, 3.05) is 0 Å². The molecular formula is C12H17N3O. The molecule has 4 heteroatoms. The molecule has 0 atom stereocenters. The maximum absolute atomic E-state index is 9.51. The minimum absolute atomic E-state index is 0.00445. The van der Waals surface area contributed by atoms with E-state index in [0.29, 0.717) is 0 Å². The fourth-order valence-corrected chi connectivity index (χ4v) is 1.88. The fraction of sp³-hybridized carbons (Fsp3) is 0.500. The van der Waals surface area contributed by atoms with Crippen molar-refractivity contribution in [1.82, 2.24) is 14.4 Å². The Morgan fingerprint density at radius 2 is 2.12 bits per heavy atom. The summed E-state index contributed by atoms with van der Waals surface area (Å²) in [5.41, 5.74) is 1.93. The van der Waals surface area contributed by atoms with Gasteiger partial charge < -0.3 is 5.11 Å². The molecule has 0 spiro atoms. The second-order valence-electron chi connectivity index (χ2n) is 4.01. The molecule has 4 nitrogen and oxygen atoms in total. The number of aromatic nitrogens is 3. The number of hydrogen-bond donors (Lipinski definition) is 1. The SMILES string of the molecule is CCCCCCc1cnc(O)n2ccnc12. The summed E-state index contributed by atoms with van der Waals surface area (Å²) >= 11 is 0. The van der Waals surface area contributed by atoms with Gasteiger partial charge in [0.1, 0.15) is 5.65 Å². The molecule has 0 saturated carbocycles. The number of unbranched alkanes of at least 4 members (excludes halogenated alkanes) is 3. The number of nitrogens with zero attached hydrogens (tertiary/aromatic N) is 3. The zero-order valence-electron chi connectivity index (χ0n) is 9.56. The number of aryl methyl sites for hydroxylation is 1. The van der Waals surface area contributed by atoms with Gasteiger partial charge in [-0.25, -0.2) is 9.97 Å². The van der Waals surface area contributed by atoms with Crippen LogP contribution in [0.25, 0.3) is 5.65 Å². The van der Waals surface area contributed by atoms with Crippen LogP contribution in [-0.4, -0.2) is 19.5 Å². The number of rotatable bonds is 5. The highest BCUT2D eigenvalue weighted by atomic mass is 16.3. The van der Waals surface area contributed by atoms with E-state index in [0.717, 1.165) is 24.1 Å². The number of fused-ring (bicyclic) bond motifs is 1. The second kappa shape index (κ2) is 4.96. The molecule has 0 unspecified atom stereocenters. The predicted molar refractivity (Wildman–Crippen MR) is 62.5 cm³/mol. The van der Waals surface area contributed by atoms with Gasteiger partial charge in [-0.05, 0) is 12.8 Å². The molecule has 2 aromatic rings. The summed E-state index contributed by atoms with van der Waals surface area (Å²) in [6.07, 6.45) is 11.0. The predicted octanol–water partition coefficient (Wildman–Crippen LogP) is 2.56. The van der Waals surface area contributed by atoms with E-state index in [4.69, 9.17) is 0 Å². The van der Waals surface area contributed by atoms with Gasteiger partial charge in [-0.2, -0.15) is 0 Å². The number of imidazole rings is 1. The molecule has 2 heterocycles. The first-order valence-electron chi connectivity index (χ1n) is 5.83. The zero-order valence-corrected chi connectivity index (χ0v) is 9.56. The lowest BCUT2D eigenvalue weighted by Gasteiger charge is -2.04. The third-order valence-corrected chi connectivity index (χ3v) is 2.78. The first-order chi connectivity index (χ1) is 7.83. The quantitative estimate of drug-likeness (QED) is 0.786. The van der Waals surface area contributed by atoms with Crippen LogP contribution >= 0.6 is 0 Å². The minimum atomic E-state index is 0.00445. The molecule has 0 fully saturated rings. The van der Waals surface area contributed by atoms with Gasteiger partial charge in [0.25, 0.3) is 6.01 Å². The van der Waals surface area contributed by atoms with Crippen LogP contribution in [0.4, 0.5) is 0 Å². The molecule has 0 saturated heterocycles. The average Bonchev–Trinajstić information content (AvgIpc) is 2.77. The van der Waals surface area contributed by atoms with Crippen molar-refractivity contribution in [2.45, 2.75) is 39.0 Å². The van der Waals surface area contributed by atoms with Crippen molar-refractivity contribution in [3.05, 3.63) is 24.2 Å². The van der Waals surface area contributed by atoms with Crippen molar-refractivity contribution < 1.29 is 5.11 Å². The van der Waals surface area contributed by atoms with Crippen LogP contribution in [0.1, 0.15) is 38.2 Å². The van der Waals surface area contributed by atoms with Crippen LogP contribution in [0.15, 0.2) is 18.6 Å². The topological polar surface area (TPSA) is 50.4 Å². The normalized spacial score (nSPS) is 11.1. The molecular weight excluding hydrogens is 202 g/mol. The standard InChI is InChI=1S/C12H17N3O/c1-2-3-4-5-6-10-9-14-12(16)15-8-7-13-11(10)15/h7-9H,2-6H2,1H3,(H,14,16). The Labute approximate surface area is 95.0 Å². The van der Waals surface area contributed by atoms with E-state index in [-0.39, 0.29) is 6.01 Å². The second-order valence-corrected chi connectivity index (χ2v) is 4.01. The molecule has 86 valence electrons. The largest absolute Gasteiger partial charge is 0.480 e. The van der Waals surface area contributed by atoms with E-state index in [1.165, 1.54) is 19.3 Å². The van der Waals surface area contributed by atoms with Crippen LogP contribution < -0.4 is 0 Å². The van der Waals surface area contributed by atoms with Crippen molar-refractivity contribution in [3.63, 3.8) is 0 Å². The molecule has 2 rings (SSSR count). The van der Waals surface area contributed by atoms with Crippen LogP contribution in [0.2, 0.25) is 0 Å². The van der Waals surface area contributed by atoms with Gasteiger partial charge in [0.15, 0.2) is 0 Å².